The third-order valence-electron chi connectivity index (χ3n) is 3.53. The number of nitrogens with zero attached hydrogens (tertiary/aromatic N) is 3. The van der Waals surface area contributed by atoms with Crippen molar-refractivity contribution >= 4 is 22.5 Å². The van der Waals surface area contributed by atoms with Gasteiger partial charge in [-0.15, -0.1) is 0 Å². The second-order valence-corrected chi connectivity index (χ2v) is 4.91. The summed E-state index contributed by atoms with van der Waals surface area (Å²) in [5.74, 6) is 0.808. The Balaban J connectivity index is 1.78. The quantitative estimate of drug-likeness (QED) is 0.622. The Morgan fingerprint density at radius 2 is 1.76 bits per heavy atom. The first-order valence-corrected chi connectivity index (χ1v) is 6.91. The lowest BCUT2D eigenvalue weighted by Gasteiger charge is -2.09. The number of hydrogen-bond acceptors (Lipinski definition) is 3. The van der Waals surface area contributed by atoms with Gasteiger partial charge in [0.1, 0.15) is 0 Å². The smallest absolute Gasteiger partial charge is 0.180 e. The molecule has 0 aliphatic rings. The van der Waals surface area contributed by atoms with Crippen molar-refractivity contribution in [2.45, 2.75) is 6.54 Å². The summed E-state index contributed by atoms with van der Waals surface area (Å²) in [4.78, 5) is 9.12. The van der Waals surface area contributed by atoms with Gasteiger partial charge in [0.15, 0.2) is 11.5 Å². The van der Waals surface area contributed by atoms with E-state index in [2.05, 4.69) is 32.9 Å². The van der Waals surface area contributed by atoms with Crippen LogP contribution in [-0.4, -0.2) is 14.4 Å². The number of rotatable bonds is 3. The zero-order valence-corrected chi connectivity index (χ0v) is 11.4. The van der Waals surface area contributed by atoms with E-state index < -0.39 is 0 Å². The zero-order valence-electron chi connectivity index (χ0n) is 11.4. The molecule has 4 nitrogen and oxygen atoms in total. The molecule has 0 amide bonds. The summed E-state index contributed by atoms with van der Waals surface area (Å²) in [5, 5.41) is 3.39. The van der Waals surface area contributed by atoms with Gasteiger partial charge < -0.3 is 5.32 Å². The summed E-state index contributed by atoms with van der Waals surface area (Å²) < 4.78 is 2.07. The number of benzene rings is 2. The van der Waals surface area contributed by atoms with Crippen molar-refractivity contribution in [1.82, 2.24) is 14.4 Å². The van der Waals surface area contributed by atoms with Gasteiger partial charge in [0.2, 0.25) is 0 Å². The molecule has 2 heterocycles. The molecular weight excluding hydrogens is 260 g/mol. The van der Waals surface area contributed by atoms with Crippen LogP contribution in [-0.2, 0) is 6.54 Å². The molecule has 0 spiro atoms. The number of fused-ring (bicyclic) bond motifs is 3. The molecule has 0 saturated carbocycles. The first-order chi connectivity index (χ1) is 10.4. The molecule has 4 aromatic rings. The lowest BCUT2D eigenvalue weighted by atomic mass is 10.2. The molecule has 0 unspecified atom stereocenters. The first-order valence-electron chi connectivity index (χ1n) is 6.91. The molecule has 0 saturated heterocycles. The highest BCUT2D eigenvalue weighted by Gasteiger charge is 2.08. The Labute approximate surface area is 122 Å². The van der Waals surface area contributed by atoms with Crippen molar-refractivity contribution in [3.05, 3.63) is 72.6 Å². The summed E-state index contributed by atoms with van der Waals surface area (Å²) >= 11 is 0. The normalized spacial score (nSPS) is 11.0. The van der Waals surface area contributed by atoms with Crippen LogP contribution < -0.4 is 5.32 Å². The lowest BCUT2D eigenvalue weighted by molar-refractivity contribution is 1.10. The molecule has 0 fully saturated rings. The van der Waals surface area contributed by atoms with E-state index in [1.165, 1.54) is 5.56 Å². The van der Waals surface area contributed by atoms with E-state index in [-0.39, 0.29) is 0 Å². The second-order valence-electron chi connectivity index (χ2n) is 4.91. The fourth-order valence-corrected chi connectivity index (χ4v) is 2.51. The van der Waals surface area contributed by atoms with Crippen molar-refractivity contribution < 1.29 is 0 Å². The summed E-state index contributed by atoms with van der Waals surface area (Å²) in [6.45, 7) is 0.731. The maximum atomic E-state index is 4.70. The first kappa shape index (κ1) is 11.9. The highest BCUT2D eigenvalue weighted by Crippen LogP contribution is 2.20. The number of aromatic nitrogens is 3. The van der Waals surface area contributed by atoms with Crippen LogP contribution in [0, 0.1) is 0 Å². The van der Waals surface area contributed by atoms with Crippen LogP contribution >= 0.6 is 0 Å². The predicted molar refractivity (Wildman–Crippen MR) is 84.3 cm³/mol. The van der Waals surface area contributed by atoms with Crippen molar-refractivity contribution in [3.63, 3.8) is 0 Å². The van der Waals surface area contributed by atoms with E-state index in [9.17, 15) is 0 Å². The summed E-state index contributed by atoms with van der Waals surface area (Å²) in [5.41, 5.74) is 4.09. The van der Waals surface area contributed by atoms with Crippen LogP contribution in [0.25, 0.3) is 16.7 Å². The van der Waals surface area contributed by atoms with Crippen molar-refractivity contribution in [3.8, 4) is 0 Å². The Morgan fingerprint density at radius 3 is 2.67 bits per heavy atom. The van der Waals surface area contributed by atoms with Crippen LogP contribution in [0.5, 0.6) is 0 Å². The van der Waals surface area contributed by atoms with E-state index >= 15 is 0 Å². The minimum absolute atomic E-state index is 0.731. The summed E-state index contributed by atoms with van der Waals surface area (Å²) in [6.07, 6.45) is 3.77. The topological polar surface area (TPSA) is 42.2 Å². The zero-order chi connectivity index (χ0) is 14.1. The minimum Gasteiger partial charge on any atom is -0.363 e. The SMILES string of the molecule is c1ccc(CNc2nc3ccccc3n3ccnc23)cc1. The molecule has 4 heteroatoms. The molecule has 2 aromatic heterocycles. The fourth-order valence-electron chi connectivity index (χ4n) is 2.51. The number of nitrogens with one attached hydrogen (secondary N) is 1. The second kappa shape index (κ2) is 4.90. The largest absolute Gasteiger partial charge is 0.363 e. The molecule has 0 aliphatic heterocycles. The Kier molecular flexibility index (Phi) is 2.78. The predicted octanol–water partition coefficient (Wildman–Crippen LogP) is 3.49. The maximum absolute atomic E-state index is 4.70. The molecular formula is C17H14N4. The van der Waals surface area contributed by atoms with Crippen molar-refractivity contribution in [2.75, 3.05) is 5.32 Å². The van der Waals surface area contributed by atoms with Crippen molar-refractivity contribution in [1.29, 1.82) is 0 Å². The van der Waals surface area contributed by atoms with Gasteiger partial charge in [-0.05, 0) is 17.7 Å². The van der Waals surface area contributed by atoms with E-state index in [1.807, 2.05) is 42.6 Å². The van der Waals surface area contributed by atoms with E-state index in [0.717, 1.165) is 29.0 Å². The van der Waals surface area contributed by atoms with Gasteiger partial charge in [0.05, 0.1) is 11.0 Å². The van der Waals surface area contributed by atoms with Crippen LogP contribution in [0.4, 0.5) is 5.82 Å². The van der Waals surface area contributed by atoms with Gasteiger partial charge in [-0.3, -0.25) is 4.40 Å². The Bertz CT molecular complexity index is 896. The maximum Gasteiger partial charge on any atom is 0.180 e. The van der Waals surface area contributed by atoms with Crippen molar-refractivity contribution in [2.24, 2.45) is 0 Å². The van der Waals surface area contributed by atoms with Gasteiger partial charge in [0, 0.05) is 18.9 Å². The van der Waals surface area contributed by atoms with Gasteiger partial charge in [-0.2, -0.15) is 0 Å². The third kappa shape index (κ3) is 2.10. The highest BCUT2D eigenvalue weighted by molar-refractivity contribution is 5.82. The minimum atomic E-state index is 0.731. The molecule has 4 rings (SSSR count). The number of para-hydroxylation sites is 2. The standard InChI is InChI=1S/C17H14N4/c1-2-6-13(7-3-1)12-19-16-17-18-10-11-21(17)15-9-5-4-8-14(15)20-16/h1-11H,12H2,(H,19,20). The third-order valence-corrected chi connectivity index (χ3v) is 3.53. The van der Waals surface area contributed by atoms with Gasteiger partial charge in [-0.25, -0.2) is 9.97 Å². The van der Waals surface area contributed by atoms with E-state index in [4.69, 9.17) is 4.98 Å². The van der Waals surface area contributed by atoms with Crippen LogP contribution in [0.1, 0.15) is 5.56 Å². The number of anilines is 1. The van der Waals surface area contributed by atoms with Gasteiger partial charge >= 0.3 is 0 Å². The molecule has 1 N–H and O–H groups in total. The average molecular weight is 274 g/mol. The summed E-state index contributed by atoms with van der Waals surface area (Å²) in [7, 11) is 0. The molecule has 21 heavy (non-hydrogen) atoms. The lowest BCUT2D eigenvalue weighted by Crippen LogP contribution is -2.04. The average Bonchev–Trinajstić information content (AvgIpc) is 3.04. The van der Waals surface area contributed by atoms with Crippen LogP contribution in [0.2, 0.25) is 0 Å². The van der Waals surface area contributed by atoms with E-state index in [0.29, 0.717) is 0 Å². The molecule has 0 bridgehead atoms. The Hall–Kier alpha value is -2.88. The highest BCUT2D eigenvalue weighted by atomic mass is 15.1. The number of hydrogen-bond donors (Lipinski definition) is 1. The molecule has 0 aliphatic carbocycles. The monoisotopic (exact) mass is 274 g/mol. The van der Waals surface area contributed by atoms with Gasteiger partial charge in [0.25, 0.3) is 0 Å². The van der Waals surface area contributed by atoms with Gasteiger partial charge in [-0.1, -0.05) is 42.5 Å². The molecule has 0 radical (unpaired) electrons. The Morgan fingerprint density at radius 1 is 0.952 bits per heavy atom. The molecule has 0 atom stereocenters. The van der Waals surface area contributed by atoms with Crippen LogP contribution in [0.15, 0.2) is 67.0 Å². The number of imidazole rings is 1. The summed E-state index contributed by atoms with van der Waals surface area (Å²) in [6, 6.07) is 18.4. The molecule has 2 aromatic carbocycles. The fraction of sp³-hybridized carbons (Fsp3) is 0.0588. The van der Waals surface area contributed by atoms with Crippen LogP contribution in [0.3, 0.4) is 0 Å². The molecule has 102 valence electrons. The van der Waals surface area contributed by atoms with E-state index in [1.54, 1.807) is 6.20 Å².